The summed E-state index contributed by atoms with van der Waals surface area (Å²) in [4.78, 5) is 23.3. The molecule has 0 aromatic heterocycles. The summed E-state index contributed by atoms with van der Waals surface area (Å²) in [5.74, 6) is 2.44. The molecule has 0 saturated heterocycles. The minimum atomic E-state index is 0.175. The Morgan fingerprint density at radius 3 is 2.73 bits per heavy atom. The molecule has 1 unspecified atom stereocenters. The highest BCUT2D eigenvalue weighted by atomic mass is 16.1. The standard InChI is InChI=1S/C20H26O2/c1-19-9-7-15(22)11-13(19)3-5-16-17-6-4-14(12-21)20(17,2)10-8-18(16)19/h3,5,11-12,14,16-18H,4,6-10H2,1-2H3/t14?,16-,17-,18-,19-,20+/m0/s1. The maximum atomic E-state index is 11.8. The van der Waals surface area contributed by atoms with E-state index in [1.54, 1.807) is 0 Å². The van der Waals surface area contributed by atoms with Crippen LogP contribution in [0.4, 0.5) is 0 Å². The summed E-state index contributed by atoms with van der Waals surface area (Å²) in [6, 6.07) is 0. The molecule has 6 atom stereocenters. The Hall–Kier alpha value is -1.18. The number of fused-ring (bicyclic) bond motifs is 5. The molecule has 4 aliphatic rings. The molecule has 118 valence electrons. The number of hydrogen-bond donors (Lipinski definition) is 0. The van der Waals surface area contributed by atoms with Crippen LogP contribution in [0, 0.1) is 34.5 Å². The number of rotatable bonds is 1. The minimum absolute atomic E-state index is 0.175. The average Bonchev–Trinajstić information content (AvgIpc) is 2.84. The molecule has 2 fully saturated rings. The summed E-state index contributed by atoms with van der Waals surface area (Å²) in [5.41, 5.74) is 1.64. The SMILES string of the molecule is C[C@]12CCC(=O)C=C1C=C[C@@H]1[C@@H]2CC[C@]2(C)C(C=O)CC[C@@H]12. The second kappa shape index (κ2) is 4.66. The first-order chi connectivity index (χ1) is 10.5. The number of aldehydes is 1. The molecular weight excluding hydrogens is 272 g/mol. The van der Waals surface area contributed by atoms with E-state index in [9.17, 15) is 9.59 Å². The summed E-state index contributed by atoms with van der Waals surface area (Å²) in [6.07, 6.45) is 14.1. The first-order valence-electron chi connectivity index (χ1n) is 8.87. The molecule has 0 amide bonds. The lowest BCUT2D eigenvalue weighted by molar-refractivity contribution is -0.118. The fourth-order valence-electron chi connectivity index (χ4n) is 6.26. The zero-order valence-electron chi connectivity index (χ0n) is 13.7. The van der Waals surface area contributed by atoms with Crippen LogP contribution in [0.15, 0.2) is 23.8 Å². The van der Waals surface area contributed by atoms with Gasteiger partial charge in [0.05, 0.1) is 0 Å². The van der Waals surface area contributed by atoms with E-state index in [4.69, 9.17) is 0 Å². The Bertz CT molecular complexity index is 587. The van der Waals surface area contributed by atoms with Crippen molar-refractivity contribution in [2.75, 3.05) is 0 Å². The van der Waals surface area contributed by atoms with Crippen LogP contribution in [0.25, 0.3) is 0 Å². The lowest BCUT2D eigenvalue weighted by atomic mass is 9.49. The zero-order chi connectivity index (χ0) is 15.5. The monoisotopic (exact) mass is 298 g/mol. The van der Waals surface area contributed by atoms with Gasteiger partial charge in [0.1, 0.15) is 6.29 Å². The van der Waals surface area contributed by atoms with Gasteiger partial charge < -0.3 is 4.79 Å². The molecule has 0 spiro atoms. The van der Waals surface area contributed by atoms with Crippen molar-refractivity contribution in [1.29, 1.82) is 0 Å². The van der Waals surface area contributed by atoms with Crippen molar-refractivity contribution < 1.29 is 9.59 Å². The average molecular weight is 298 g/mol. The molecule has 0 bridgehead atoms. The van der Waals surface area contributed by atoms with Gasteiger partial charge in [0.2, 0.25) is 0 Å². The molecule has 0 N–H and O–H groups in total. The van der Waals surface area contributed by atoms with Crippen molar-refractivity contribution in [3.05, 3.63) is 23.8 Å². The first kappa shape index (κ1) is 14.4. The van der Waals surface area contributed by atoms with E-state index in [0.29, 0.717) is 24.2 Å². The van der Waals surface area contributed by atoms with E-state index in [0.717, 1.165) is 12.8 Å². The molecular formula is C20H26O2. The number of allylic oxidation sites excluding steroid dienone is 4. The fourth-order valence-corrected chi connectivity index (χ4v) is 6.26. The second-order valence-corrected chi connectivity index (χ2v) is 8.50. The molecule has 4 rings (SSSR count). The lowest BCUT2D eigenvalue weighted by Crippen LogP contribution is -2.49. The van der Waals surface area contributed by atoms with Crippen LogP contribution in [0.3, 0.4) is 0 Å². The predicted octanol–water partition coefficient (Wildman–Crippen LogP) is 4.11. The lowest BCUT2D eigenvalue weighted by Gasteiger charge is -2.55. The van der Waals surface area contributed by atoms with E-state index in [-0.39, 0.29) is 22.5 Å². The molecule has 0 heterocycles. The number of hydrogen-bond acceptors (Lipinski definition) is 2. The van der Waals surface area contributed by atoms with Crippen LogP contribution in [-0.2, 0) is 9.59 Å². The highest BCUT2D eigenvalue weighted by molar-refractivity contribution is 5.92. The van der Waals surface area contributed by atoms with Crippen LogP contribution in [0.5, 0.6) is 0 Å². The molecule has 2 saturated carbocycles. The zero-order valence-corrected chi connectivity index (χ0v) is 13.7. The van der Waals surface area contributed by atoms with Gasteiger partial charge in [0.25, 0.3) is 0 Å². The quantitative estimate of drug-likeness (QED) is 0.683. The highest BCUT2D eigenvalue weighted by Crippen LogP contribution is 2.64. The molecule has 2 nitrogen and oxygen atoms in total. The summed E-state index contributed by atoms with van der Waals surface area (Å²) in [6.45, 7) is 4.73. The van der Waals surface area contributed by atoms with E-state index < -0.39 is 0 Å². The first-order valence-corrected chi connectivity index (χ1v) is 8.87. The Morgan fingerprint density at radius 2 is 1.95 bits per heavy atom. The predicted molar refractivity (Wildman–Crippen MR) is 86.2 cm³/mol. The molecule has 0 aliphatic heterocycles. The smallest absolute Gasteiger partial charge is 0.156 e. The van der Waals surface area contributed by atoms with Gasteiger partial charge in [-0.05, 0) is 72.3 Å². The van der Waals surface area contributed by atoms with Gasteiger partial charge in [0, 0.05) is 12.3 Å². The molecule has 0 radical (unpaired) electrons. The topological polar surface area (TPSA) is 34.1 Å². The van der Waals surface area contributed by atoms with Gasteiger partial charge in [0.15, 0.2) is 5.78 Å². The van der Waals surface area contributed by atoms with Crippen molar-refractivity contribution in [3.8, 4) is 0 Å². The molecule has 2 heteroatoms. The van der Waals surface area contributed by atoms with Gasteiger partial charge in [-0.3, -0.25) is 4.79 Å². The fraction of sp³-hybridized carbons (Fsp3) is 0.700. The van der Waals surface area contributed by atoms with Crippen LogP contribution >= 0.6 is 0 Å². The van der Waals surface area contributed by atoms with Crippen molar-refractivity contribution >= 4 is 12.1 Å². The second-order valence-electron chi connectivity index (χ2n) is 8.50. The summed E-state index contributed by atoms with van der Waals surface area (Å²) < 4.78 is 0. The molecule has 0 aromatic carbocycles. The maximum Gasteiger partial charge on any atom is 0.156 e. The van der Waals surface area contributed by atoms with Crippen molar-refractivity contribution in [2.45, 2.75) is 52.4 Å². The van der Waals surface area contributed by atoms with E-state index >= 15 is 0 Å². The third-order valence-corrected chi connectivity index (χ3v) is 7.75. The van der Waals surface area contributed by atoms with Crippen LogP contribution in [0.2, 0.25) is 0 Å². The summed E-state index contributed by atoms with van der Waals surface area (Å²) in [5, 5.41) is 0. The van der Waals surface area contributed by atoms with Gasteiger partial charge in [-0.25, -0.2) is 0 Å². The molecule has 22 heavy (non-hydrogen) atoms. The Kier molecular flexibility index (Phi) is 3.05. The Morgan fingerprint density at radius 1 is 1.14 bits per heavy atom. The van der Waals surface area contributed by atoms with Gasteiger partial charge >= 0.3 is 0 Å². The van der Waals surface area contributed by atoms with Crippen LogP contribution < -0.4 is 0 Å². The van der Waals surface area contributed by atoms with Gasteiger partial charge in [-0.15, -0.1) is 0 Å². The van der Waals surface area contributed by atoms with E-state index in [1.165, 1.54) is 31.1 Å². The summed E-state index contributed by atoms with van der Waals surface area (Å²) in [7, 11) is 0. The number of carbonyl (C=O) groups is 2. The van der Waals surface area contributed by atoms with Crippen LogP contribution in [0.1, 0.15) is 52.4 Å². The summed E-state index contributed by atoms with van der Waals surface area (Å²) >= 11 is 0. The van der Waals surface area contributed by atoms with Crippen molar-refractivity contribution in [2.24, 2.45) is 34.5 Å². The Labute approximate surface area is 133 Å². The molecule has 4 aliphatic carbocycles. The van der Waals surface area contributed by atoms with Crippen LogP contribution in [-0.4, -0.2) is 12.1 Å². The van der Waals surface area contributed by atoms with Crippen molar-refractivity contribution in [1.82, 2.24) is 0 Å². The third kappa shape index (κ3) is 1.73. The van der Waals surface area contributed by atoms with Gasteiger partial charge in [-0.1, -0.05) is 26.0 Å². The van der Waals surface area contributed by atoms with Gasteiger partial charge in [-0.2, -0.15) is 0 Å². The molecule has 0 aromatic rings. The van der Waals surface area contributed by atoms with E-state index in [1.807, 2.05) is 6.08 Å². The minimum Gasteiger partial charge on any atom is -0.303 e. The van der Waals surface area contributed by atoms with Crippen molar-refractivity contribution in [3.63, 3.8) is 0 Å². The maximum absolute atomic E-state index is 11.8. The number of carbonyl (C=O) groups excluding carboxylic acids is 2. The number of ketones is 1. The third-order valence-electron chi connectivity index (χ3n) is 7.75. The van der Waals surface area contributed by atoms with E-state index in [2.05, 4.69) is 26.0 Å². The highest BCUT2D eigenvalue weighted by Gasteiger charge is 2.57. The Balaban J connectivity index is 1.74. The normalized spacial score (nSPS) is 49.9. The largest absolute Gasteiger partial charge is 0.303 e.